The summed E-state index contributed by atoms with van der Waals surface area (Å²) in [5.74, 6) is 2.29. The molecular weight excluding hydrogens is 424 g/mol. The molecule has 8 nitrogen and oxygen atoms in total. The van der Waals surface area contributed by atoms with Gasteiger partial charge in [0.05, 0.1) is 24.9 Å². The Morgan fingerprint density at radius 1 is 1.19 bits per heavy atom. The minimum Gasteiger partial charge on any atom is -0.377 e. The van der Waals surface area contributed by atoms with E-state index in [9.17, 15) is 4.79 Å². The molecule has 4 rings (SSSR count). The third kappa shape index (κ3) is 5.54. The number of thioether (sulfide) groups is 1. The van der Waals surface area contributed by atoms with Gasteiger partial charge >= 0.3 is 6.03 Å². The van der Waals surface area contributed by atoms with E-state index >= 15 is 0 Å². The Bertz CT molecular complexity index is 1050. The Balaban J connectivity index is 1.62. The Morgan fingerprint density at radius 3 is 2.69 bits per heavy atom. The van der Waals surface area contributed by atoms with Crippen LogP contribution in [0.2, 0.25) is 0 Å². The summed E-state index contributed by atoms with van der Waals surface area (Å²) in [4.78, 5) is 28.8. The van der Waals surface area contributed by atoms with Crippen LogP contribution in [0.4, 0.5) is 16.3 Å². The monoisotopic (exact) mass is 450 g/mol. The molecule has 1 atom stereocenters. The number of hydrogen-bond donors (Lipinski definition) is 2. The van der Waals surface area contributed by atoms with Crippen molar-refractivity contribution in [3.8, 4) is 11.4 Å². The first kappa shape index (κ1) is 22.0. The first-order valence-electron chi connectivity index (χ1n) is 10.5. The molecule has 2 aromatic heterocycles. The molecule has 0 spiro atoms. The van der Waals surface area contributed by atoms with Crippen LogP contribution >= 0.6 is 11.8 Å². The summed E-state index contributed by atoms with van der Waals surface area (Å²) in [6.45, 7) is 4.31. The van der Waals surface area contributed by atoms with Gasteiger partial charge in [0.1, 0.15) is 5.82 Å². The zero-order valence-corrected chi connectivity index (χ0v) is 18.9. The third-order valence-electron chi connectivity index (χ3n) is 5.09. The number of amides is 2. The van der Waals surface area contributed by atoms with Crippen LogP contribution in [0.3, 0.4) is 0 Å². The van der Waals surface area contributed by atoms with Crippen molar-refractivity contribution in [2.45, 2.75) is 23.6 Å². The molecule has 1 saturated heterocycles. The van der Waals surface area contributed by atoms with Gasteiger partial charge in [-0.25, -0.2) is 14.8 Å². The van der Waals surface area contributed by atoms with E-state index < -0.39 is 0 Å². The lowest BCUT2D eigenvalue weighted by atomic mass is 10.2. The summed E-state index contributed by atoms with van der Waals surface area (Å²) in [6.07, 6.45) is 3.59. The van der Waals surface area contributed by atoms with Gasteiger partial charge in [-0.15, -0.1) is 11.8 Å². The van der Waals surface area contributed by atoms with Crippen LogP contribution in [-0.4, -0.2) is 53.8 Å². The molecule has 1 aliphatic heterocycles. The summed E-state index contributed by atoms with van der Waals surface area (Å²) in [6, 6.07) is 13.6. The van der Waals surface area contributed by atoms with Crippen molar-refractivity contribution in [2.75, 3.05) is 37.0 Å². The zero-order valence-electron chi connectivity index (χ0n) is 18.1. The second-order valence-electron chi connectivity index (χ2n) is 7.41. The van der Waals surface area contributed by atoms with Gasteiger partial charge in [0, 0.05) is 54.0 Å². The number of carbonyl (C=O) groups is 1. The fraction of sp³-hybridized carbons (Fsp3) is 0.304. The van der Waals surface area contributed by atoms with Crippen LogP contribution in [0.1, 0.15) is 12.6 Å². The summed E-state index contributed by atoms with van der Waals surface area (Å²) in [5.41, 5.74) is 2.56. The van der Waals surface area contributed by atoms with Crippen LogP contribution in [0, 0.1) is 0 Å². The molecule has 2 amide bonds. The van der Waals surface area contributed by atoms with Gasteiger partial charge in [0.2, 0.25) is 0 Å². The van der Waals surface area contributed by atoms with E-state index in [2.05, 4.69) is 33.5 Å². The molecule has 3 aromatic rings. The van der Waals surface area contributed by atoms with E-state index in [1.807, 2.05) is 36.4 Å². The summed E-state index contributed by atoms with van der Waals surface area (Å²) in [5, 5.41) is 5.31. The van der Waals surface area contributed by atoms with Gasteiger partial charge in [0.15, 0.2) is 5.82 Å². The number of morpholine rings is 1. The number of anilines is 2. The molecule has 9 heteroatoms. The number of ether oxygens (including phenoxy) is 1. The van der Waals surface area contributed by atoms with Gasteiger partial charge in [-0.1, -0.05) is 0 Å². The van der Waals surface area contributed by atoms with Crippen molar-refractivity contribution < 1.29 is 9.53 Å². The van der Waals surface area contributed by atoms with Crippen molar-refractivity contribution >= 4 is 29.3 Å². The van der Waals surface area contributed by atoms with Crippen molar-refractivity contribution in [1.82, 2.24) is 20.3 Å². The molecule has 1 aromatic carbocycles. The lowest BCUT2D eigenvalue weighted by Gasteiger charge is -2.34. The van der Waals surface area contributed by atoms with Crippen LogP contribution in [0.15, 0.2) is 59.8 Å². The number of hydrogen-bond acceptors (Lipinski definition) is 7. The SMILES string of the molecule is CNC(=O)Nc1ccc(-c2nc(CSc3ccncc3)cc(N3CCOC[C@H]3C)n2)cc1. The van der Waals surface area contributed by atoms with Gasteiger partial charge in [-0.3, -0.25) is 4.98 Å². The molecule has 32 heavy (non-hydrogen) atoms. The van der Waals surface area contributed by atoms with Crippen molar-refractivity contribution in [1.29, 1.82) is 0 Å². The van der Waals surface area contributed by atoms with Crippen LogP contribution < -0.4 is 15.5 Å². The molecule has 1 aliphatic rings. The normalized spacial score (nSPS) is 15.9. The number of pyridine rings is 1. The molecule has 1 fully saturated rings. The minimum atomic E-state index is -0.257. The lowest BCUT2D eigenvalue weighted by Crippen LogP contribution is -2.44. The first-order chi connectivity index (χ1) is 15.6. The maximum atomic E-state index is 11.6. The predicted octanol–water partition coefficient (Wildman–Crippen LogP) is 3.81. The number of carbonyl (C=O) groups excluding carboxylic acids is 1. The highest BCUT2D eigenvalue weighted by atomic mass is 32.2. The molecule has 0 unspecified atom stereocenters. The van der Waals surface area contributed by atoms with Crippen molar-refractivity contribution in [3.63, 3.8) is 0 Å². The van der Waals surface area contributed by atoms with Crippen LogP contribution in [0.5, 0.6) is 0 Å². The predicted molar refractivity (Wildman–Crippen MR) is 127 cm³/mol. The lowest BCUT2D eigenvalue weighted by molar-refractivity contribution is 0.0985. The van der Waals surface area contributed by atoms with Gasteiger partial charge in [-0.05, 0) is 43.3 Å². The van der Waals surface area contributed by atoms with E-state index in [4.69, 9.17) is 14.7 Å². The highest BCUT2D eigenvalue weighted by Gasteiger charge is 2.22. The standard InChI is InChI=1S/C23H26N6O2S/c1-16-14-31-12-11-29(16)21-13-19(15-32-20-7-9-25-10-8-20)26-22(28-21)17-3-5-18(6-4-17)27-23(30)24-2/h3-10,13,16H,11-12,14-15H2,1-2H3,(H2,24,27,30)/t16-/m1/s1. The smallest absolute Gasteiger partial charge is 0.318 e. The highest BCUT2D eigenvalue weighted by molar-refractivity contribution is 7.98. The van der Waals surface area contributed by atoms with Gasteiger partial charge in [0.25, 0.3) is 0 Å². The van der Waals surface area contributed by atoms with Crippen molar-refractivity contribution in [2.24, 2.45) is 0 Å². The number of rotatable bonds is 6. The topological polar surface area (TPSA) is 92.3 Å². The summed E-state index contributed by atoms with van der Waals surface area (Å²) in [7, 11) is 1.58. The quantitative estimate of drug-likeness (QED) is 0.552. The van der Waals surface area contributed by atoms with E-state index in [-0.39, 0.29) is 12.1 Å². The third-order valence-corrected chi connectivity index (χ3v) is 6.14. The number of nitrogens with zero attached hydrogens (tertiary/aromatic N) is 4. The molecule has 166 valence electrons. The Hall–Kier alpha value is -3.17. The largest absolute Gasteiger partial charge is 0.377 e. The number of urea groups is 1. The molecule has 0 radical (unpaired) electrons. The number of benzene rings is 1. The fourth-order valence-electron chi connectivity index (χ4n) is 3.39. The van der Waals surface area contributed by atoms with E-state index in [0.717, 1.165) is 34.3 Å². The number of aromatic nitrogens is 3. The molecule has 2 N–H and O–H groups in total. The van der Waals surface area contributed by atoms with E-state index in [1.54, 1.807) is 31.2 Å². The van der Waals surface area contributed by atoms with Gasteiger partial charge in [-0.2, -0.15) is 0 Å². The second-order valence-corrected chi connectivity index (χ2v) is 8.46. The maximum Gasteiger partial charge on any atom is 0.318 e. The number of nitrogens with one attached hydrogen (secondary N) is 2. The molecular formula is C23H26N6O2S. The Morgan fingerprint density at radius 2 is 1.97 bits per heavy atom. The van der Waals surface area contributed by atoms with Crippen molar-refractivity contribution in [3.05, 3.63) is 60.6 Å². The average molecular weight is 451 g/mol. The Labute approximate surface area is 191 Å². The maximum absolute atomic E-state index is 11.6. The molecule has 0 bridgehead atoms. The highest BCUT2D eigenvalue weighted by Crippen LogP contribution is 2.27. The summed E-state index contributed by atoms with van der Waals surface area (Å²) >= 11 is 1.72. The zero-order chi connectivity index (χ0) is 22.3. The molecule has 3 heterocycles. The van der Waals surface area contributed by atoms with Gasteiger partial charge < -0.3 is 20.3 Å². The van der Waals surface area contributed by atoms with Crippen LogP contribution in [-0.2, 0) is 10.5 Å². The fourth-order valence-corrected chi connectivity index (χ4v) is 4.17. The van der Waals surface area contributed by atoms with E-state index in [1.165, 1.54) is 0 Å². The first-order valence-corrected chi connectivity index (χ1v) is 11.5. The van der Waals surface area contributed by atoms with E-state index in [0.29, 0.717) is 24.7 Å². The second kappa shape index (κ2) is 10.4. The Kier molecular flexibility index (Phi) is 7.18. The molecule has 0 aliphatic carbocycles. The minimum absolute atomic E-state index is 0.242. The average Bonchev–Trinajstić information content (AvgIpc) is 2.84. The summed E-state index contributed by atoms with van der Waals surface area (Å²) < 4.78 is 5.60. The molecule has 0 saturated carbocycles. The van der Waals surface area contributed by atoms with Crippen LogP contribution in [0.25, 0.3) is 11.4 Å².